The third kappa shape index (κ3) is 3.64. The van der Waals surface area contributed by atoms with E-state index in [4.69, 9.17) is 4.74 Å². The van der Waals surface area contributed by atoms with Crippen LogP contribution in [0.4, 0.5) is 0 Å². The number of fused-ring (bicyclic) bond motifs is 2. The number of benzene rings is 1. The molecule has 0 bridgehead atoms. The van der Waals surface area contributed by atoms with Gasteiger partial charge < -0.3 is 15.0 Å². The Labute approximate surface area is 163 Å². The maximum absolute atomic E-state index is 12.3. The first-order chi connectivity index (χ1) is 13.1. The van der Waals surface area contributed by atoms with E-state index in [1.54, 1.807) is 0 Å². The van der Waals surface area contributed by atoms with Crippen LogP contribution in [-0.4, -0.2) is 43.0 Å². The lowest BCUT2D eigenvalue weighted by Crippen LogP contribution is -2.50. The average Bonchev–Trinajstić information content (AvgIpc) is 3.13. The Hall–Kier alpha value is -2.18. The summed E-state index contributed by atoms with van der Waals surface area (Å²) in [5, 5.41) is 2.59. The molecule has 1 saturated heterocycles. The van der Waals surface area contributed by atoms with Crippen molar-refractivity contribution in [3.63, 3.8) is 0 Å². The lowest BCUT2D eigenvalue weighted by molar-refractivity contribution is -0.140. The van der Waals surface area contributed by atoms with Gasteiger partial charge in [-0.3, -0.25) is 9.59 Å². The minimum Gasteiger partial charge on any atom is -0.370 e. The number of nitrogens with zero attached hydrogens (tertiary/aromatic N) is 1. The van der Waals surface area contributed by atoms with Crippen molar-refractivity contribution in [3.8, 4) is 10.4 Å². The molecule has 0 saturated carbocycles. The van der Waals surface area contributed by atoms with E-state index in [9.17, 15) is 9.59 Å². The number of nitrogens with one attached hydrogen (secondary N) is 1. The molecular formula is C21H24N2O3S. The van der Waals surface area contributed by atoms with Gasteiger partial charge in [0.2, 0.25) is 11.8 Å². The molecule has 0 unspecified atom stereocenters. The number of amides is 2. The lowest BCUT2D eigenvalue weighted by atomic mass is 9.82. The number of hydrogen-bond donors (Lipinski definition) is 1. The molecule has 1 aromatic carbocycles. The van der Waals surface area contributed by atoms with Crippen molar-refractivity contribution < 1.29 is 14.3 Å². The standard InChI is InChI=1S/C21H24N2O3S/c1-15(24)22-14-20(25)23-10-8-21(9-11-23)17-13-19(16-5-3-2-4-6-16)27-18(17)7-12-26-21/h2-6,13H,7-12,14H2,1H3,(H,22,24). The van der Waals surface area contributed by atoms with E-state index in [0.717, 1.165) is 25.9 Å². The molecule has 2 aliphatic rings. The molecule has 1 fully saturated rings. The quantitative estimate of drug-likeness (QED) is 0.885. The normalized spacial score (nSPS) is 18.2. The summed E-state index contributed by atoms with van der Waals surface area (Å²) in [5.41, 5.74) is 2.28. The van der Waals surface area contributed by atoms with E-state index in [-0.39, 0.29) is 24.0 Å². The summed E-state index contributed by atoms with van der Waals surface area (Å²) in [5.74, 6) is -0.199. The van der Waals surface area contributed by atoms with Crippen LogP contribution in [0.3, 0.4) is 0 Å². The van der Waals surface area contributed by atoms with Crippen LogP contribution in [0.5, 0.6) is 0 Å². The van der Waals surface area contributed by atoms with Crippen LogP contribution in [0.15, 0.2) is 36.4 Å². The predicted octanol–water partition coefficient (Wildman–Crippen LogP) is 2.94. The fourth-order valence-electron chi connectivity index (χ4n) is 4.00. The predicted molar refractivity (Wildman–Crippen MR) is 106 cm³/mol. The van der Waals surface area contributed by atoms with Crippen molar-refractivity contribution in [1.82, 2.24) is 10.2 Å². The van der Waals surface area contributed by atoms with Crippen molar-refractivity contribution in [1.29, 1.82) is 0 Å². The zero-order valence-corrected chi connectivity index (χ0v) is 16.3. The van der Waals surface area contributed by atoms with Crippen LogP contribution >= 0.6 is 11.3 Å². The molecule has 1 spiro atoms. The summed E-state index contributed by atoms with van der Waals surface area (Å²) in [7, 11) is 0. The second kappa shape index (κ2) is 7.44. The van der Waals surface area contributed by atoms with Gasteiger partial charge in [-0.15, -0.1) is 11.3 Å². The van der Waals surface area contributed by atoms with Crippen LogP contribution in [0.25, 0.3) is 10.4 Å². The molecule has 6 heteroatoms. The average molecular weight is 385 g/mol. The first-order valence-corrected chi connectivity index (χ1v) is 10.2. The monoisotopic (exact) mass is 384 g/mol. The minimum atomic E-state index is -0.276. The largest absolute Gasteiger partial charge is 0.370 e. The number of carbonyl (C=O) groups excluding carboxylic acids is 2. The number of rotatable bonds is 3. The molecular weight excluding hydrogens is 360 g/mol. The van der Waals surface area contributed by atoms with Crippen molar-refractivity contribution in [2.75, 3.05) is 26.2 Å². The first-order valence-electron chi connectivity index (χ1n) is 9.42. The minimum absolute atomic E-state index is 0.0219. The molecule has 2 aromatic rings. The number of thiophene rings is 1. The topological polar surface area (TPSA) is 58.6 Å². The molecule has 4 rings (SSSR count). The van der Waals surface area contributed by atoms with Crippen LogP contribution in [0.1, 0.15) is 30.2 Å². The summed E-state index contributed by atoms with van der Waals surface area (Å²) < 4.78 is 6.31. The Morgan fingerprint density at radius 1 is 1.22 bits per heavy atom. The van der Waals surface area contributed by atoms with Crippen molar-refractivity contribution in [3.05, 3.63) is 46.8 Å². The van der Waals surface area contributed by atoms with E-state index < -0.39 is 0 Å². The number of piperidine rings is 1. The van der Waals surface area contributed by atoms with E-state index in [0.29, 0.717) is 13.1 Å². The Bertz CT molecular complexity index is 838. The Balaban J connectivity index is 1.51. The van der Waals surface area contributed by atoms with Crippen molar-refractivity contribution in [2.24, 2.45) is 0 Å². The smallest absolute Gasteiger partial charge is 0.241 e. The van der Waals surface area contributed by atoms with Gasteiger partial charge in [-0.2, -0.15) is 0 Å². The number of likely N-dealkylation sites (tertiary alicyclic amines) is 1. The summed E-state index contributed by atoms with van der Waals surface area (Å²) in [6, 6.07) is 12.8. The molecule has 1 N–H and O–H groups in total. The maximum atomic E-state index is 12.3. The van der Waals surface area contributed by atoms with Gasteiger partial charge >= 0.3 is 0 Å². The zero-order chi connectivity index (χ0) is 18.9. The van der Waals surface area contributed by atoms with Crippen molar-refractivity contribution in [2.45, 2.75) is 31.8 Å². The van der Waals surface area contributed by atoms with Crippen LogP contribution < -0.4 is 5.32 Å². The van der Waals surface area contributed by atoms with Crippen LogP contribution in [0, 0.1) is 0 Å². The van der Waals surface area contributed by atoms with Gasteiger partial charge in [-0.05, 0) is 30.0 Å². The highest BCUT2D eigenvalue weighted by molar-refractivity contribution is 7.15. The first kappa shape index (κ1) is 18.2. The molecule has 0 atom stereocenters. The van der Waals surface area contributed by atoms with E-state index >= 15 is 0 Å². The van der Waals surface area contributed by atoms with Gasteiger partial charge in [0.1, 0.15) is 0 Å². The molecule has 1 aromatic heterocycles. The second-order valence-electron chi connectivity index (χ2n) is 7.20. The number of ether oxygens (including phenoxy) is 1. The van der Waals surface area contributed by atoms with Gasteiger partial charge in [-0.25, -0.2) is 0 Å². The molecule has 2 aliphatic heterocycles. The molecule has 5 nitrogen and oxygen atoms in total. The van der Waals surface area contributed by atoms with E-state index in [1.807, 2.05) is 22.3 Å². The molecule has 2 amide bonds. The molecule has 0 aliphatic carbocycles. The highest BCUT2D eigenvalue weighted by atomic mass is 32.1. The molecule has 142 valence electrons. The third-order valence-corrected chi connectivity index (χ3v) is 6.72. The molecule has 27 heavy (non-hydrogen) atoms. The van der Waals surface area contributed by atoms with Gasteiger partial charge in [-0.1, -0.05) is 30.3 Å². The molecule has 0 radical (unpaired) electrons. The fraction of sp³-hybridized carbons (Fsp3) is 0.429. The van der Waals surface area contributed by atoms with Crippen LogP contribution in [0.2, 0.25) is 0 Å². The second-order valence-corrected chi connectivity index (χ2v) is 8.33. The van der Waals surface area contributed by atoms with E-state index in [2.05, 4.69) is 35.6 Å². The SMILES string of the molecule is CC(=O)NCC(=O)N1CCC2(CC1)OCCc1sc(-c3ccccc3)cc12. The summed E-state index contributed by atoms with van der Waals surface area (Å²) in [4.78, 5) is 27.8. The summed E-state index contributed by atoms with van der Waals surface area (Å²) in [6.45, 7) is 3.56. The van der Waals surface area contributed by atoms with Crippen LogP contribution in [-0.2, 0) is 26.3 Å². The molecule has 3 heterocycles. The zero-order valence-electron chi connectivity index (χ0n) is 15.5. The fourth-order valence-corrected chi connectivity index (χ4v) is 5.24. The Kier molecular flexibility index (Phi) is 5.02. The maximum Gasteiger partial charge on any atom is 0.241 e. The highest BCUT2D eigenvalue weighted by Gasteiger charge is 2.42. The summed E-state index contributed by atoms with van der Waals surface area (Å²) >= 11 is 1.87. The number of carbonyl (C=O) groups is 2. The van der Waals surface area contributed by atoms with Gasteiger partial charge in [0.15, 0.2) is 0 Å². The van der Waals surface area contributed by atoms with Crippen molar-refractivity contribution >= 4 is 23.2 Å². The van der Waals surface area contributed by atoms with Gasteiger partial charge in [0, 0.05) is 36.2 Å². The lowest BCUT2D eigenvalue weighted by Gasteiger charge is -2.44. The summed E-state index contributed by atoms with van der Waals surface area (Å²) in [6.07, 6.45) is 2.56. The third-order valence-electron chi connectivity index (χ3n) is 5.48. The van der Waals surface area contributed by atoms with Gasteiger partial charge in [0.25, 0.3) is 0 Å². The van der Waals surface area contributed by atoms with Gasteiger partial charge in [0.05, 0.1) is 18.8 Å². The van der Waals surface area contributed by atoms with E-state index in [1.165, 1.54) is 27.8 Å². The Morgan fingerprint density at radius 3 is 2.67 bits per heavy atom. The number of hydrogen-bond acceptors (Lipinski definition) is 4. The Morgan fingerprint density at radius 2 is 1.96 bits per heavy atom. The highest BCUT2D eigenvalue weighted by Crippen LogP contribution is 2.46.